The van der Waals surface area contributed by atoms with Gasteiger partial charge in [0.15, 0.2) is 6.61 Å². The van der Waals surface area contributed by atoms with Crippen molar-refractivity contribution in [2.75, 3.05) is 6.61 Å². The number of amides is 1. The van der Waals surface area contributed by atoms with E-state index in [2.05, 4.69) is 55.8 Å². The topological polar surface area (TPSA) is 80.6 Å². The summed E-state index contributed by atoms with van der Waals surface area (Å²) in [5, 5.41) is 13.1. The maximum Gasteiger partial charge on any atom is 0.341 e. The SMILES string of the molecule is Cc1c(Cc2cccc(OCC(=O)O)c2)c2ccc(C(=O)N[C@@H](C)c3cccc(C(C)(C)C)c3)cc2n1C. The zero-order valence-corrected chi connectivity index (χ0v) is 23.0. The number of nitrogens with zero attached hydrogens (tertiary/aromatic N) is 1. The molecule has 0 fully saturated rings. The average molecular weight is 513 g/mol. The number of benzene rings is 3. The van der Waals surface area contributed by atoms with Gasteiger partial charge < -0.3 is 19.7 Å². The van der Waals surface area contributed by atoms with Crippen LogP contribution in [0.25, 0.3) is 10.9 Å². The Bertz CT molecular complexity index is 1490. The minimum absolute atomic E-state index is 0.0414. The van der Waals surface area contributed by atoms with Gasteiger partial charge in [-0.05, 0) is 72.2 Å². The fraction of sp³-hybridized carbons (Fsp3) is 0.312. The number of carboxylic acids is 1. The third-order valence-corrected chi connectivity index (χ3v) is 7.13. The van der Waals surface area contributed by atoms with Gasteiger partial charge in [0, 0.05) is 29.2 Å². The molecule has 3 aromatic carbocycles. The molecule has 1 amide bonds. The monoisotopic (exact) mass is 512 g/mol. The molecule has 0 aliphatic rings. The predicted octanol–water partition coefficient (Wildman–Crippen LogP) is 6.33. The molecule has 0 spiro atoms. The van der Waals surface area contributed by atoms with Gasteiger partial charge in [-0.15, -0.1) is 0 Å². The van der Waals surface area contributed by atoms with Crippen LogP contribution in [-0.2, 0) is 23.7 Å². The molecule has 198 valence electrons. The first kappa shape index (κ1) is 27.0. The summed E-state index contributed by atoms with van der Waals surface area (Å²) in [6, 6.07) is 21.6. The van der Waals surface area contributed by atoms with E-state index in [0.717, 1.165) is 33.3 Å². The second-order valence-corrected chi connectivity index (χ2v) is 10.9. The van der Waals surface area contributed by atoms with E-state index in [0.29, 0.717) is 17.7 Å². The van der Waals surface area contributed by atoms with Crippen molar-refractivity contribution in [1.29, 1.82) is 0 Å². The first-order valence-corrected chi connectivity index (χ1v) is 12.9. The third kappa shape index (κ3) is 5.91. The van der Waals surface area contributed by atoms with Crippen molar-refractivity contribution in [2.24, 2.45) is 7.05 Å². The van der Waals surface area contributed by atoms with Gasteiger partial charge in [0.2, 0.25) is 0 Å². The summed E-state index contributed by atoms with van der Waals surface area (Å²) in [6.45, 7) is 10.3. The number of carboxylic acid groups (broad SMARTS) is 1. The fourth-order valence-corrected chi connectivity index (χ4v) is 4.74. The zero-order valence-electron chi connectivity index (χ0n) is 23.0. The summed E-state index contributed by atoms with van der Waals surface area (Å²) in [7, 11) is 2.01. The number of fused-ring (bicyclic) bond motifs is 1. The van der Waals surface area contributed by atoms with Crippen molar-refractivity contribution in [3.63, 3.8) is 0 Å². The Kier molecular flexibility index (Phi) is 7.63. The first-order chi connectivity index (χ1) is 17.9. The van der Waals surface area contributed by atoms with Crippen LogP contribution in [0.15, 0.2) is 66.7 Å². The Morgan fingerprint density at radius 2 is 1.76 bits per heavy atom. The number of hydrogen-bond acceptors (Lipinski definition) is 3. The van der Waals surface area contributed by atoms with Crippen LogP contribution < -0.4 is 10.1 Å². The molecule has 0 saturated heterocycles. The highest BCUT2D eigenvalue weighted by Crippen LogP contribution is 2.30. The lowest BCUT2D eigenvalue weighted by atomic mass is 9.85. The van der Waals surface area contributed by atoms with E-state index in [-0.39, 0.29) is 24.0 Å². The number of carbonyl (C=O) groups is 2. The Hall–Kier alpha value is -4.06. The fourth-order valence-electron chi connectivity index (χ4n) is 4.74. The van der Waals surface area contributed by atoms with Crippen LogP contribution in [0.2, 0.25) is 0 Å². The minimum Gasteiger partial charge on any atom is -0.482 e. The average Bonchev–Trinajstić information content (AvgIpc) is 3.11. The van der Waals surface area contributed by atoms with Gasteiger partial charge in [0.25, 0.3) is 5.91 Å². The molecule has 6 heteroatoms. The lowest BCUT2D eigenvalue weighted by Gasteiger charge is -2.22. The van der Waals surface area contributed by atoms with Gasteiger partial charge in [-0.3, -0.25) is 4.79 Å². The highest BCUT2D eigenvalue weighted by atomic mass is 16.5. The number of aliphatic carboxylic acids is 1. The van der Waals surface area contributed by atoms with Crippen LogP contribution in [0.5, 0.6) is 5.75 Å². The van der Waals surface area contributed by atoms with Crippen molar-refractivity contribution in [2.45, 2.75) is 52.5 Å². The molecule has 0 saturated carbocycles. The van der Waals surface area contributed by atoms with Gasteiger partial charge in [0.05, 0.1) is 6.04 Å². The molecule has 4 aromatic rings. The van der Waals surface area contributed by atoms with E-state index in [1.54, 1.807) is 6.07 Å². The van der Waals surface area contributed by atoms with E-state index in [1.165, 1.54) is 5.56 Å². The third-order valence-electron chi connectivity index (χ3n) is 7.13. The normalized spacial score (nSPS) is 12.4. The molecule has 0 aliphatic carbocycles. The molecule has 0 radical (unpaired) electrons. The Labute approximate surface area is 224 Å². The van der Waals surface area contributed by atoms with Crippen LogP contribution in [-0.4, -0.2) is 28.2 Å². The standard InChI is InChI=1S/C32H36N2O4/c1-20(23-10-8-11-25(17-23)32(3,4)5)33-31(37)24-13-14-27-28(21(2)34(6)29(27)18-24)16-22-9-7-12-26(15-22)38-19-30(35)36/h7-15,17-18,20H,16,19H2,1-6H3,(H,33,37)(H,35,36)/t20-/m0/s1. The van der Waals surface area contributed by atoms with Crippen LogP contribution in [0, 0.1) is 6.92 Å². The molecule has 6 nitrogen and oxygen atoms in total. The lowest BCUT2D eigenvalue weighted by Crippen LogP contribution is -2.27. The second-order valence-electron chi connectivity index (χ2n) is 10.9. The number of carbonyl (C=O) groups excluding carboxylic acids is 1. The van der Waals surface area contributed by atoms with Gasteiger partial charge in [-0.1, -0.05) is 63.2 Å². The molecule has 1 atom stereocenters. The lowest BCUT2D eigenvalue weighted by molar-refractivity contribution is -0.139. The van der Waals surface area contributed by atoms with Gasteiger partial charge in [-0.2, -0.15) is 0 Å². The van der Waals surface area contributed by atoms with Crippen molar-refractivity contribution >= 4 is 22.8 Å². The second kappa shape index (κ2) is 10.7. The van der Waals surface area contributed by atoms with Crippen molar-refractivity contribution in [3.8, 4) is 5.75 Å². The predicted molar refractivity (Wildman–Crippen MR) is 151 cm³/mol. The number of aryl methyl sites for hydroxylation is 1. The summed E-state index contributed by atoms with van der Waals surface area (Å²) in [5.41, 5.74) is 7.27. The molecule has 0 aliphatic heterocycles. The van der Waals surface area contributed by atoms with Crippen LogP contribution in [0.1, 0.15) is 72.0 Å². The smallest absolute Gasteiger partial charge is 0.341 e. The molecule has 0 unspecified atom stereocenters. The highest BCUT2D eigenvalue weighted by Gasteiger charge is 2.19. The van der Waals surface area contributed by atoms with Gasteiger partial charge in [0.1, 0.15) is 5.75 Å². The van der Waals surface area contributed by atoms with E-state index < -0.39 is 5.97 Å². The van der Waals surface area contributed by atoms with E-state index in [4.69, 9.17) is 9.84 Å². The quantitative estimate of drug-likeness (QED) is 0.289. The van der Waals surface area contributed by atoms with E-state index in [9.17, 15) is 9.59 Å². The van der Waals surface area contributed by atoms with Crippen molar-refractivity contribution in [3.05, 3.63) is 100 Å². The molecular formula is C32H36N2O4. The summed E-state index contributed by atoms with van der Waals surface area (Å²) in [5.74, 6) is -0.582. The van der Waals surface area contributed by atoms with E-state index in [1.807, 2.05) is 56.4 Å². The Balaban J connectivity index is 1.56. The van der Waals surface area contributed by atoms with Gasteiger partial charge in [-0.25, -0.2) is 4.79 Å². The van der Waals surface area contributed by atoms with Gasteiger partial charge >= 0.3 is 5.97 Å². The maximum absolute atomic E-state index is 13.2. The van der Waals surface area contributed by atoms with Crippen LogP contribution in [0.3, 0.4) is 0 Å². The maximum atomic E-state index is 13.2. The largest absolute Gasteiger partial charge is 0.482 e. The number of ether oxygens (including phenoxy) is 1. The highest BCUT2D eigenvalue weighted by molar-refractivity contribution is 5.99. The van der Waals surface area contributed by atoms with E-state index >= 15 is 0 Å². The Morgan fingerprint density at radius 1 is 1.03 bits per heavy atom. The molecule has 2 N–H and O–H groups in total. The molecule has 38 heavy (non-hydrogen) atoms. The zero-order chi connectivity index (χ0) is 27.6. The molecule has 1 aromatic heterocycles. The number of aromatic nitrogens is 1. The number of rotatable bonds is 8. The minimum atomic E-state index is -1.01. The number of nitrogens with one attached hydrogen (secondary N) is 1. The summed E-state index contributed by atoms with van der Waals surface area (Å²) >= 11 is 0. The summed E-state index contributed by atoms with van der Waals surface area (Å²) < 4.78 is 7.46. The Morgan fingerprint density at radius 3 is 2.47 bits per heavy atom. The summed E-state index contributed by atoms with van der Waals surface area (Å²) in [6.07, 6.45) is 0.667. The molecule has 0 bridgehead atoms. The van der Waals surface area contributed by atoms with Crippen LogP contribution in [0.4, 0.5) is 0 Å². The van der Waals surface area contributed by atoms with Crippen molar-refractivity contribution in [1.82, 2.24) is 9.88 Å². The van der Waals surface area contributed by atoms with Crippen molar-refractivity contribution < 1.29 is 19.4 Å². The van der Waals surface area contributed by atoms with Crippen LogP contribution >= 0.6 is 0 Å². The molecule has 1 heterocycles. The molecule has 4 rings (SSSR count). The number of hydrogen-bond donors (Lipinski definition) is 2. The first-order valence-electron chi connectivity index (χ1n) is 12.9. The summed E-state index contributed by atoms with van der Waals surface area (Å²) in [4.78, 5) is 24.1. The molecular weight excluding hydrogens is 476 g/mol.